The van der Waals surface area contributed by atoms with Crippen molar-refractivity contribution in [2.45, 2.75) is 20.0 Å². The van der Waals surface area contributed by atoms with Crippen LogP contribution in [0.2, 0.25) is 10.0 Å². The van der Waals surface area contributed by atoms with Crippen LogP contribution in [-0.4, -0.2) is 24.6 Å². The fraction of sp³-hybridized carbons (Fsp3) is 0.222. The van der Waals surface area contributed by atoms with Crippen LogP contribution < -0.4 is 10.1 Å². The molecule has 0 unspecified atom stereocenters. The van der Waals surface area contributed by atoms with E-state index in [4.69, 9.17) is 32.7 Å². The summed E-state index contributed by atoms with van der Waals surface area (Å²) < 4.78 is 10.5. The molecule has 0 radical (unpaired) electrons. The largest absolute Gasteiger partial charge is 0.479 e. The molecule has 2 rings (SSSR count). The Morgan fingerprint density at radius 2 is 1.80 bits per heavy atom. The second kappa shape index (κ2) is 8.74. The summed E-state index contributed by atoms with van der Waals surface area (Å²) in [5, 5.41) is 3.51. The van der Waals surface area contributed by atoms with E-state index in [9.17, 15) is 9.59 Å². The van der Waals surface area contributed by atoms with E-state index in [0.29, 0.717) is 33.7 Å². The summed E-state index contributed by atoms with van der Waals surface area (Å²) >= 11 is 11.9. The van der Waals surface area contributed by atoms with E-state index >= 15 is 0 Å². The monoisotopic (exact) mass is 381 g/mol. The van der Waals surface area contributed by atoms with E-state index in [1.807, 2.05) is 0 Å². The van der Waals surface area contributed by atoms with Crippen molar-refractivity contribution in [1.82, 2.24) is 0 Å². The molecule has 0 saturated heterocycles. The number of anilines is 1. The predicted molar refractivity (Wildman–Crippen MR) is 97.6 cm³/mol. The maximum absolute atomic E-state index is 12.2. The van der Waals surface area contributed by atoms with E-state index in [2.05, 4.69) is 5.32 Å². The fourth-order valence-electron chi connectivity index (χ4n) is 1.96. The molecule has 0 spiro atoms. The van der Waals surface area contributed by atoms with Gasteiger partial charge in [0.1, 0.15) is 5.75 Å². The first kappa shape index (κ1) is 19.1. The van der Waals surface area contributed by atoms with E-state index in [0.717, 1.165) is 0 Å². The second-order valence-corrected chi connectivity index (χ2v) is 5.97. The van der Waals surface area contributed by atoms with Gasteiger partial charge in [-0.15, -0.1) is 0 Å². The van der Waals surface area contributed by atoms with Crippen LogP contribution in [0.5, 0.6) is 5.75 Å². The summed E-state index contributed by atoms with van der Waals surface area (Å²) in [7, 11) is 0. The lowest BCUT2D eigenvalue weighted by atomic mass is 10.2. The van der Waals surface area contributed by atoms with Gasteiger partial charge in [-0.3, -0.25) is 4.79 Å². The summed E-state index contributed by atoms with van der Waals surface area (Å²) in [6.45, 7) is 3.65. The highest BCUT2D eigenvalue weighted by Crippen LogP contribution is 2.28. The van der Waals surface area contributed by atoms with Gasteiger partial charge in [-0.2, -0.15) is 0 Å². The molecular formula is C18H17Cl2NO4. The molecule has 0 heterocycles. The van der Waals surface area contributed by atoms with Crippen LogP contribution in [0.4, 0.5) is 5.69 Å². The van der Waals surface area contributed by atoms with Gasteiger partial charge in [0.25, 0.3) is 5.91 Å². The van der Waals surface area contributed by atoms with Gasteiger partial charge in [-0.25, -0.2) is 4.79 Å². The number of carbonyl (C=O) groups excluding carboxylic acids is 2. The van der Waals surface area contributed by atoms with Crippen molar-refractivity contribution < 1.29 is 19.1 Å². The number of halogens is 2. The highest BCUT2D eigenvalue weighted by atomic mass is 35.5. The van der Waals surface area contributed by atoms with Gasteiger partial charge in [0.2, 0.25) is 0 Å². The Kier molecular flexibility index (Phi) is 6.67. The molecule has 25 heavy (non-hydrogen) atoms. The number of hydrogen-bond acceptors (Lipinski definition) is 4. The third kappa shape index (κ3) is 5.37. The third-order valence-electron chi connectivity index (χ3n) is 3.23. The fourth-order valence-corrected chi connectivity index (χ4v) is 2.42. The maximum Gasteiger partial charge on any atom is 0.338 e. The Morgan fingerprint density at radius 3 is 2.40 bits per heavy atom. The second-order valence-electron chi connectivity index (χ2n) is 5.12. The third-order valence-corrected chi connectivity index (χ3v) is 3.76. The zero-order valence-corrected chi connectivity index (χ0v) is 15.2. The van der Waals surface area contributed by atoms with Crippen LogP contribution in [0.3, 0.4) is 0 Å². The average Bonchev–Trinajstić information content (AvgIpc) is 2.58. The Bertz CT molecular complexity index is 762. The molecule has 0 aromatic heterocycles. The van der Waals surface area contributed by atoms with Crippen molar-refractivity contribution in [1.29, 1.82) is 0 Å². The molecule has 0 aliphatic heterocycles. The summed E-state index contributed by atoms with van der Waals surface area (Å²) in [6, 6.07) is 11.2. The number of ether oxygens (including phenoxy) is 2. The first-order valence-corrected chi connectivity index (χ1v) is 8.36. The van der Waals surface area contributed by atoms with Crippen molar-refractivity contribution in [3.8, 4) is 5.75 Å². The zero-order chi connectivity index (χ0) is 18.4. The summed E-state index contributed by atoms with van der Waals surface area (Å²) in [4.78, 5) is 23.8. The minimum absolute atomic E-state index is 0.305. The number of hydrogen-bond donors (Lipinski definition) is 1. The number of esters is 1. The summed E-state index contributed by atoms with van der Waals surface area (Å²) in [5.41, 5.74) is 0.952. The molecular weight excluding hydrogens is 365 g/mol. The molecule has 0 saturated carbocycles. The number of nitrogens with one attached hydrogen (secondary N) is 1. The van der Waals surface area contributed by atoms with Crippen LogP contribution >= 0.6 is 23.2 Å². The lowest BCUT2D eigenvalue weighted by Gasteiger charge is -2.16. The topological polar surface area (TPSA) is 64.6 Å². The van der Waals surface area contributed by atoms with Gasteiger partial charge < -0.3 is 14.8 Å². The van der Waals surface area contributed by atoms with Crippen molar-refractivity contribution in [2.75, 3.05) is 11.9 Å². The molecule has 1 amide bonds. The molecule has 1 atom stereocenters. The molecule has 0 fully saturated rings. The number of rotatable bonds is 6. The SMILES string of the molecule is CCOC(=O)c1ccc(NC(=O)[C@H](C)Oc2ccc(Cl)cc2Cl)cc1. The molecule has 0 aliphatic carbocycles. The smallest absolute Gasteiger partial charge is 0.338 e. The molecule has 0 aliphatic rings. The van der Waals surface area contributed by atoms with Crippen LogP contribution in [0.25, 0.3) is 0 Å². The molecule has 0 bridgehead atoms. The van der Waals surface area contributed by atoms with E-state index < -0.39 is 12.1 Å². The molecule has 5 nitrogen and oxygen atoms in total. The minimum Gasteiger partial charge on any atom is -0.479 e. The average molecular weight is 382 g/mol. The lowest BCUT2D eigenvalue weighted by Crippen LogP contribution is -2.30. The molecule has 132 valence electrons. The van der Waals surface area contributed by atoms with Crippen LogP contribution in [0.1, 0.15) is 24.2 Å². The van der Waals surface area contributed by atoms with E-state index in [1.54, 1.807) is 50.2 Å². The predicted octanol–water partition coefficient (Wildman–Crippen LogP) is 4.58. The van der Waals surface area contributed by atoms with Gasteiger partial charge in [0.15, 0.2) is 6.10 Å². The van der Waals surface area contributed by atoms with Crippen molar-refractivity contribution in [3.63, 3.8) is 0 Å². The number of amides is 1. The number of benzene rings is 2. The van der Waals surface area contributed by atoms with Gasteiger partial charge in [-0.1, -0.05) is 23.2 Å². The highest BCUT2D eigenvalue weighted by Gasteiger charge is 2.17. The van der Waals surface area contributed by atoms with Gasteiger partial charge in [0.05, 0.1) is 17.2 Å². The first-order valence-electron chi connectivity index (χ1n) is 7.60. The van der Waals surface area contributed by atoms with Gasteiger partial charge in [-0.05, 0) is 56.3 Å². The highest BCUT2D eigenvalue weighted by molar-refractivity contribution is 6.35. The summed E-state index contributed by atoms with van der Waals surface area (Å²) in [5.74, 6) is -0.393. The maximum atomic E-state index is 12.2. The van der Waals surface area contributed by atoms with E-state index in [-0.39, 0.29) is 5.91 Å². The Balaban J connectivity index is 1.97. The van der Waals surface area contributed by atoms with Crippen molar-refractivity contribution in [2.24, 2.45) is 0 Å². The first-order chi connectivity index (χ1) is 11.9. The lowest BCUT2D eigenvalue weighted by molar-refractivity contribution is -0.122. The van der Waals surface area contributed by atoms with Crippen molar-refractivity contribution >= 4 is 40.8 Å². The van der Waals surface area contributed by atoms with Crippen LogP contribution in [-0.2, 0) is 9.53 Å². The molecule has 2 aromatic rings. The molecule has 1 N–H and O–H groups in total. The molecule has 7 heteroatoms. The van der Waals surface area contributed by atoms with Gasteiger partial charge in [0, 0.05) is 10.7 Å². The quantitative estimate of drug-likeness (QED) is 0.743. The Morgan fingerprint density at radius 1 is 1.12 bits per heavy atom. The van der Waals surface area contributed by atoms with Crippen molar-refractivity contribution in [3.05, 3.63) is 58.1 Å². The Hall–Kier alpha value is -2.24. The normalized spacial score (nSPS) is 11.5. The van der Waals surface area contributed by atoms with E-state index in [1.165, 1.54) is 6.07 Å². The van der Waals surface area contributed by atoms with Crippen LogP contribution in [0.15, 0.2) is 42.5 Å². The summed E-state index contributed by atoms with van der Waals surface area (Å²) in [6.07, 6.45) is -0.775. The number of carbonyl (C=O) groups is 2. The molecule has 2 aromatic carbocycles. The minimum atomic E-state index is -0.775. The standard InChI is InChI=1S/C18H17Cl2NO4/c1-3-24-18(23)12-4-7-14(8-5-12)21-17(22)11(2)25-16-9-6-13(19)10-15(16)20/h4-11H,3H2,1-2H3,(H,21,22)/t11-/m0/s1. The zero-order valence-electron chi connectivity index (χ0n) is 13.7. The Labute approximate surface area is 155 Å². The van der Waals surface area contributed by atoms with Gasteiger partial charge >= 0.3 is 5.97 Å². The van der Waals surface area contributed by atoms with Crippen LogP contribution in [0, 0.1) is 0 Å².